The van der Waals surface area contributed by atoms with Crippen molar-refractivity contribution in [2.24, 2.45) is 7.05 Å². The molecule has 20 heavy (non-hydrogen) atoms. The summed E-state index contributed by atoms with van der Waals surface area (Å²) in [6, 6.07) is 8.79. The molecule has 0 saturated heterocycles. The Hall–Kier alpha value is -2.01. The van der Waals surface area contributed by atoms with E-state index in [1.807, 2.05) is 24.7 Å². The van der Waals surface area contributed by atoms with Gasteiger partial charge in [-0.3, -0.25) is 4.68 Å². The first-order chi connectivity index (χ1) is 9.54. The van der Waals surface area contributed by atoms with Gasteiger partial charge in [0.25, 0.3) is 0 Å². The van der Waals surface area contributed by atoms with Gasteiger partial charge in [0, 0.05) is 36.4 Å². The minimum absolute atomic E-state index is 0.250. The number of urea groups is 1. The number of anilines is 1. The van der Waals surface area contributed by atoms with E-state index in [1.165, 1.54) is 0 Å². The van der Waals surface area contributed by atoms with E-state index in [-0.39, 0.29) is 6.03 Å². The molecule has 0 aliphatic carbocycles. The lowest BCUT2D eigenvalue weighted by atomic mass is 10.3. The fourth-order valence-electron chi connectivity index (χ4n) is 1.80. The second-order valence-corrected chi connectivity index (χ2v) is 4.98. The first-order valence-electron chi connectivity index (χ1n) is 6.34. The third-order valence-electron chi connectivity index (χ3n) is 2.91. The topological polar surface area (TPSA) is 59.0 Å². The number of carbonyl (C=O) groups excluding carboxylic acids is 1. The van der Waals surface area contributed by atoms with Gasteiger partial charge in [-0.25, -0.2) is 4.79 Å². The predicted octanol–water partition coefficient (Wildman–Crippen LogP) is 2.75. The van der Waals surface area contributed by atoms with Crippen LogP contribution in [0.3, 0.4) is 0 Å². The maximum Gasteiger partial charge on any atom is 0.319 e. The maximum absolute atomic E-state index is 11.7. The molecule has 1 aromatic carbocycles. The van der Waals surface area contributed by atoms with Crippen LogP contribution in [0, 0.1) is 6.92 Å². The minimum atomic E-state index is -0.250. The van der Waals surface area contributed by atoms with Crippen LogP contribution in [0.4, 0.5) is 10.5 Å². The molecule has 5 nitrogen and oxygen atoms in total. The number of halogens is 1. The molecule has 0 unspecified atom stereocenters. The molecule has 0 saturated carbocycles. The van der Waals surface area contributed by atoms with E-state index in [9.17, 15) is 4.79 Å². The summed E-state index contributed by atoms with van der Waals surface area (Å²) in [5.41, 5.74) is 2.74. The van der Waals surface area contributed by atoms with Crippen LogP contribution in [0.5, 0.6) is 0 Å². The number of benzene rings is 1. The summed E-state index contributed by atoms with van der Waals surface area (Å²) in [5.74, 6) is 0. The molecular weight excluding hydrogens is 276 g/mol. The molecule has 2 aromatic rings. The van der Waals surface area contributed by atoms with Gasteiger partial charge in [0.1, 0.15) is 0 Å². The minimum Gasteiger partial charge on any atom is -0.337 e. The summed E-state index contributed by atoms with van der Waals surface area (Å²) >= 11 is 5.85. The van der Waals surface area contributed by atoms with Crippen molar-refractivity contribution in [3.63, 3.8) is 0 Å². The van der Waals surface area contributed by atoms with E-state index < -0.39 is 0 Å². The zero-order valence-electron chi connectivity index (χ0n) is 11.5. The summed E-state index contributed by atoms with van der Waals surface area (Å²) in [6.07, 6.45) is 0.699. The van der Waals surface area contributed by atoms with Gasteiger partial charge in [-0.1, -0.05) is 17.7 Å². The zero-order valence-corrected chi connectivity index (χ0v) is 12.2. The number of nitrogens with zero attached hydrogens (tertiary/aromatic N) is 2. The smallest absolute Gasteiger partial charge is 0.319 e. The SMILES string of the molecule is Cc1cc(CCNC(=O)Nc2cccc(Cl)c2)nn1C. The van der Waals surface area contributed by atoms with Crippen LogP contribution in [0.15, 0.2) is 30.3 Å². The van der Waals surface area contributed by atoms with Crippen LogP contribution in [0.1, 0.15) is 11.4 Å². The third-order valence-corrected chi connectivity index (χ3v) is 3.15. The van der Waals surface area contributed by atoms with Crippen LogP contribution in [0.25, 0.3) is 0 Å². The Morgan fingerprint density at radius 1 is 1.40 bits per heavy atom. The van der Waals surface area contributed by atoms with Crippen LogP contribution in [-0.4, -0.2) is 22.4 Å². The highest BCUT2D eigenvalue weighted by Crippen LogP contribution is 2.14. The Kier molecular flexibility index (Phi) is 4.63. The van der Waals surface area contributed by atoms with Crippen molar-refractivity contribution >= 4 is 23.3 Å². The average molecular weight is 293 g/mol. The van der Waals surface area contributed by atoms with E-state index in [1.54, 1.807) is 24.3 Å². The van der Waals surface area contributed by atoms with E-state index in [2.05, 4.69) is 15.7 Å². The largest absolute Gasteiger partial charge is 0.337 e. The fraction of sp³-hybridized carbons (Fsp3) is 0.286. The number of amides is 2. The quantitative estimate of drug-likeness (QED) is 0.910. The normalized spacial score (nSPS) is 10.3. The monoisotopic (exact) mass is 292 g/mol. The van der Waals surface area contributed by atoms with Crippen LogP contribution in [0.2, 0.25) is 5.02 Å². The van der Waals surface area contributed by atoms with Crippen molar-refractivity contribution in [2.75, 3.05) is 11.9 Å². The van der Waals surface area contributed by atoms with Crippen molar-refractivity contribution < 1.29 is 4.79 Å². The summed E-state index contributed by atoms with van der Waals surface area (Å²) in [6.45, 7) is 2.53. The van der Waals surface area contributed by atoms with Gasteiger partial charge in [0.2, 0.25) is 0 Å². The Labute approximate surface area is 122 Å². The molecule has 0 radical (unpaired) electrons. The lowest BCUT2D eigenvalue weighted by molar-refractivity contribution is 0.252. The van der Waals surface area contributed by atoms with Gasteiger partial charge in [0.15, 0.2) is 0 Å². The van der Waals surface area contributed by atoms with Gasteiger partial charge in [-0.2, -0.15) is 5.10 Å². The number of hydrogen-bond donors (Lipinski definition) is 2. The van der Waals surface area contributed by atoms with Crippen LogP contribution >= 0.6 is 11.6 Å². The Morgan fingerprint density at radius 3 is 2.85 bits per heavy atom. The summed E-state index contributed by atoms with van der Waals surface area (Å²) in [7, 11) is 1.90. The van der Waals surface area contributed by atoms with Gasteiger partial charge in [-0.15, -0.1) is 0 Å². The van der Waals surface area contributed by atoms with Crippen molar-refractivity contribution in [1.29, 1.82) is 0 Å². The van der Waals surface area contributed by atoms with Gasteiger partial charge >= 0.3 is 6.03 Å². The molecule has 2 amide bonds. The number of nitrogens with one attached hydrogen (secondary N) is 2. The Balaban J connectivity index is 1.78. The van der Waals surface area contributed by atoms with Gasteiger partial charge < -0.3 is 10.6 Å². The number of aromatic nitrogens is 2. The van der Waals surface area contributed by atoms with Crippen LogP contribution in [-0.2, 0) is 13.5 Å². The molecule has 6 heteroatoms. The number of rotatable bonds is 4. The zero-order chi connectivity index (χ0) is 14.5. The van der Waals surface area contributed by atoms with Gasteiger partial charge in [0.05, 0.1) is 5.69 Å². The second kappa shape index (κ2) is 6.43. The number of carbonyl (C=O) groups is 1. The Bertz CT molecular complexity index is 589. The molecule has 0 aliphatic heterocycles. The standard InChI is InChI=1S/C14H17ClN4O/c1-10-8-13(18-19(10)2)6-7-16-14(20)17-12-5-3-4-11(15)9-12/h3-5,8-9H,6-7H2,1-2H3,(H2,16,17,20). The summed E-state index contributed by atoms with van der Waals surface area (Å²) < 4.78 is 1.82. The molecule has 0 fully saturated rings. The third kappa shape index (κ3) is 3.99. The lowest BCUT2D eigenvalue weighted by Crippen LogP contribution is -2.30. The predicted molar refractivity (Wildman–Crippen MR) is 80.1 cm³/mol. The molecule has 0 atom stereocenters. The highest BCUT2D eigenvalue weighted by molar-refractivity contribution is 6.30. The van der Waals surface area contributed by atoms with Crippen molar-refractivity contribution in [1.82, 2.24) is 15.1 Å². The molecule has 1 aromatic heterocycles. The molecule has 0 aliphatic rings. The van der Waals surface area contributed by atoms with Crippen molar-refractivity contribution in [3.8, 4) is 0 Å². The number of aryl methyl sites for hydroxylation is 2. The molecule has 106 valence electrons. The Morgan fingerprint density at radius 2 is 2.20 bits per heavy atom. The highest BCUT2D eigenvalue weighted by Gasteiger charge is 2.04. The van der Waals surface area contributed by atoms with E-state index in [0.717, 1.165) is 11.4 Å². The molecule has 2 N–H and O–H groups in total. The highest BCUT2D eigenvalue weighted by atomic mass is 35.5. The summed E-state index contributed by atoms with van der Waals surface area (Å²) in [4.78, 5) is 11.7. The average Bonchev–Trinajstić information content (AvgIpc) is 2.68. The first-order valence-corrected chi connectivity index (χ1v) is 6.72. The first kappa shape index (κ1) is 14.4. The molecule has 1 heterocycles. The van der Waals surface area contributed by atoms with Crippen molar-refractivity contribution in [3.05, 3.63) is 46.7 Å². The second-order valence-electron chi connectivity index (χ2n) is 4.54. The molecule has 2 rings (SSSR count). The molecular formula is C14H17ClN4O. The van der Waals surface area contributed by atoms with E-state index >= 15 is 0 Å². The van der Waals surface area contributed by atoms with E-state index in [4.69, 9.17) is 11.6 Å². The summed E-state index contributed by atoms with van der Waals surface area (Å²) in [5, 5.41) is 10.4. The molecule has 0 spiro atoms. The lowest BCUT2D eigenvalue weighted by Gasteiger charge is -2.07. The van der Waals surface area contributed by atoms with Crippen LogP contribution < -0.4 is 10.6 Å². The fourth-order valence-corrected chi connectivity index (χ4v) is 1.99. The number of hydrogen-bond acceptors (Lipinski definition) is 2. The maximum atomic E-state index is 11.7. The molecule has 0 bridgehead atoms. The van der Waals surface area contributed by atoms with Crippen molar-refractivity contribution in [2.45, 2.75) is 13.3 Å². The van der Waals surface area contributed by atoms with E-state index in [0.29, 0.717) is 23.7 Å². The van der Waals surface area contributed by atoms with Gasteiger partial charge in [-0.05, 0) is 31.2 Å².